The maximum absolute atomic E-state index is 12.8. The van der Waals surface area contributed by atoms with Crippen LogP contribution in [-0.4, -0.2) is 47.0 Å². The number of thioether (sulfide) groups is 1. The Morgan fingerprint density at radius 3 is 2.36 bits per heavy atom. The highest BCUT2D eigenvalue weighted by atomic mass is 35.5. The van der Waals surface area contributed by atoms with E-state index in [-0.39, 0.29) is 42.2 Å². The first-order valence-electron chi connectivity index (χ1n) is 9.59. The van der Waals surface area contributed by atoms with Gasteiger partial charge in [-0.1, -0.05) is 32.1 Å². The maximum Gasteiger partial charge on any atom is 0.243 e. The number of hydrogen-bond donors (Lipinski definition) is 2. The fourth-order valence-electron chi connectivity index (χ4n) is 4.47. The lowest BCUT2D eigenvalue weighted by Crippen LogP contribution is -2.54. The molecule has 3 fully saturated rings. The molecule has 2 unspecified atom stereocenters. The largest absolute Gasteiger partial charge is 0.350 e. The third-order valence-corrected chi connectivity index (χ3v) is 6.99. The molecule has 2 aliphatic carbocycles. The van der Waals surface area contributed by atoms with E-state index < -0.39 is 0 Å². The Labute approximate surface area is 161 Å². The molecule has 2 atom stereocenters. The second-order valence-electron chi connectivity index (χ2n) is 7.55. The van der Waals surface area contributed by atoms with Crippen molar-refractivity contribution in [2.45, 2.75) is 69.9 Å². The average molecular weight is 390 g/mol. The van der Waals surface area contributed by atoms with Gasteiger partial charge in [0.15, 0.2) is 0 Å². The van der Waals surface area contributed by atoms with Crippen molar-refractivity contribution in [3.63, 3.8) is 0 Å². The van der Waals surface area contributed by atoms with Crippen LogP contribution in [0.4, 0.5) is 0 Å². The van der Waals surface area contributed by atoms with Crippen molar-refractivity contribution in [1.29, 1.82) is 0 Å². The van der Waals surface area contributed by atoms with Gasteiger partial charge in [0, 0.05) is 24.3 Å². The molecule has 7 heteroatoms. The summed E-state index contributed by atoms with van der Waals surface area (Å²) in [6, 6.07) is -0.243. The second-order valence-corrected chi connectivity index (χ2v) is 8.55. The van der Waals surface area contributed by atoms with Crippen molar-refractivity contribution in [2.24, 2.45) is 17.6 Å². The van der Waals surface area contributed by atoms with Crippen LogP contribution in [0.3, 0.4) is 0 Å². The smallest absolute Gasteiger partial charge is 0.243 e. The lowest BCUT2D eigenvalue weighted by Gasteiger charge is -2.32. The molecule has 144 valence electrons. The Balaban J connectivity index is 0.00000225. The summed E-state index contributed by atoms with van der Waals surface area (Å²) in [7, 11) is 0. The Morgan fingerprint density at radius 1 is 1.08 bits per heavy atom. The topological polar surface area (TPSA) is 75.4 Å². The van der Waals surface area contributed by atoms with Gasteiger partial charge in [-0.05, 0) is 31.6 Å². The third kappa shape index (κ3) is 5.04. The Morgan fingerprint density at radius 2 is 1.72 bits per heavy atom. The number of halogens is 1. The maximum atomic E-state index is 12.8. The van der Waals surface area contributed by atoms with Gasteiger partial charge in [0.05, 0.1) is 5.88 Å². The number of carbonyl (C=O) groups excluding carboxylic acids is 2. The minimum atomic E-state index is -0.305. The van der Waals surface area contributed by atoms with Crippen LogP contribution in [-0.2, 0) is 9.59 Å². The summed E-state index contributed by atoms with van der Waals surface area (Å²) >= 11 is 1.69. The molecule has 0 radical (unpaired) electrons. The number of hydrogen-bond acceptors (Lipinski definition) is 4. The Bertz CT molecular complexity index is 454. The van der Waals surface area contributed by atoms with Crippen molar-refractivity contribution >= 4 is 36.0 Å². The van der Waals surface area contributed by atoms with Crippen molar-refractivity contribution in [1.82, 2.24) is 10.2 Å². The van der Waals surface area contributed by atoms with Gasteiger partial charge in [-0.15, -0.1) is 24.2 Å². The van der Waals surface area contributed by atoms with E-state index in [2.05, 4.69) is 5.32 Å². The zero-order valence-corrected chi connectivity index (χ0v) is 16.6. The van der Waals surface area contributed by atoms with Crippen LogP contribution < -0.4 is 11.1 Å². The Hall–Kier alpha value is -0.460. The van der Waals surface area contributed by atoms with Crippen molar-refractivity contribution < 1.29 is 9.59 Å². The van der Waals surface area contributed by atoms with E-state index in [1.165, 1.54) is 19.3 Å². The first kappa shape index (κ1) is 20.8. The number of nitrogens with zero attached hydrogens (tertiary/aromatic N) is 1. The molecule has 0 aromatic carbocycles. The first-order valence-corrected chi connectivity index (χ1v) is 10.7. The van der Waals surface area contributed by atoms with E-state index in [4.69, 9.17) is 5.73 Å². The molecule has 1 heterocycles. The summed E-state index contributed by atoms with van der Waals surface area (Å²) in [5, 5.41) is 3.18. The quantitative estimate of drug-likeness (QED) is 0.757. The number of carbonyl (C=O) groups is 2. The van der Waals surface area contributed by atoms with E-state index in [1.807, 2.05) is 4.90 Å². The van der Waals surface area contributed by atoms with Crippen molar-refractivity contribution in [3.8, 4) is 0 Å². The zero-order chi connectivity index (χ0) is 16.9. The number of amides is 2. The molecule has 1 aliphatic heterocycles. The standard InChI is InChI=1S/C18H31N3O2S.ClH/c19-10-15(13-6-2-1-3-7-13)20-17(22)16-11-24-12-21(16)18(23)14-8-4-5-9-14;/h13-16H,1-12,19H2,(H,20,22);1H. The molecule has 2 amide bonds. The second kappa shape index (κ2) is 10.0. The van der Waals surface area contributed by atoms with Crippen LogP contribution in [0.25, 0.3) is 0 Å². The lowest BCUT2D eigenvalue weighted by atomic mass is 9.84. The average Bonchev–Trinajstić information content (AvgIpc) is 3.31. The van der Waals surface area contributed by atoms with Gasteiger partial charge in [-0.3, -0.25) is 9.59 Å². The SMILES string of the molecule is Cl.NCC(NC(=O)C1CSCN1C(=O)C1CCCC1)C1CCCCC1. The molecule has 2 saturated carbocycles. The van der Waals surface area contributed by atoms with Crippen LogP contribution in [0.5, 0.6) is 0 Å². The molecule has 0 aromatic rings. The summed E-state index contributed by atoms with van der Waals surface area (Å²) in [4.78, 5) is 27.4. The fourth-order valence-corrected chi connectivity index (χ4v) is 5.63. The molecular weight excluding hydrogens is 358 g/mol. The van der Waals surface area contributed by atoms with E-state index in [9.17, 15) is 9.59 Å². The van der Waals surface area contributed by atoms with E-state index >= 15 is 0 Å². The normalized spacial score (nSPS) is 26.3. The van der Waals surface area contributed by atoms with Crippen LogP contribution in [0.2, 0.25) is 0 Å². The minimum absolute atomic E-state index is 0. The van der Waals surface area contributed by atoms with Gasteiger partial charge < -0.3 is 16.0 Å². The van der Waals surface area contributed by atoms with Gasteiger partial charge in [-0.25, -0.2) is 0 Å². The highest BCUT2D eigenvalue weighted by Crippen LogP contribution is 2.31. The predicted molar refractivity (Wildman–Crippen MR) is 105 cm³/mol. The predicted octanol–water partition coefficient (Wildman–Crippen LogP) is 2.52. The molecule has 0 aromatic heterocycles. The lowest BCUT2D eigenvalue weighted by molar-refractivity contribution is -0.141. The van der Waals surface area contributed by atoms with Crippen molar-refractivity contribution in [3.05, 3.63) is 0 Å². The summed E-state index contributed by atoms with van der Waals surface area (Å²) in [5.41, 5.74) is 5.94. The highest BCUT2D eigenvalue weighted by Gasteiger charge is 2.39. The van der Waals surface area contributed by atoms with Crippen LogP contribution in [0.15, 0.2) is 0 Å². The van der Waals surface area contributed by atoms with Gasteiger partial charge in [-0.2, -0.15) is 0 Å². The molecule has 3 rings (SSSR count). The third-order valence-electron chi connectivity index (χ3n) is 5.97. The van der Waals surface area contributed by atoms with Crippen LogP contribution in [0.1, 0.15) is 57.8 Å². The van der Waals surface area contributed by atoms with Gasteiger partial charge >= 0.3 is 0 Å². The zero-order valence-electron chi connectivity index (χ0n) is 15.0. The molecule has 0 spiro atoms. The molecule has 1 saturated heterocycles. The summed E-state index contributed by atoms with van der Waals surface area (Å²) in [6.07, 6.45) is 10.4. The molecule has 3 N–H and O–H groups in total. The Kier molecular flexibility index (Phi) is 8.36. The highest BCUT2D eigenvalue weighted by molar-refractivity contribution is 7.99. The van der Waals surface area contributed by atoms with Gasteiger partial charge in [0.2, 0.25) is 11.8 Å². The number of nitrogens with two attached hydrogens (primary N) is 1. The molecule has 5 nitrogen and oxygen atoms in total. The van der Waals surface area contributed by atoms with Crippen molar-refractivity contribution in [2.75, 3.05) is 18.2 Å². The fraction of sp³-hybridized carbons (Fsp3) is 0.889. The van der Waals surface area contributed by atoms with E-state index in [1.54, 1.807) is 11.8 Å². The molecule has 0 bridgehead atoms. The summed E-state index contributed by atoms with van der Waals surface area (Å²) in [5.74, 6) is 2.21. The van der Waals surface area contributed by atoms with E-state index in [0.29, 0.717) is 24.1 Å². The first-order chi connectivity index (χ1) is 11.7. The monoisotopic (exact) mass is 389 g/mol. The van der Waals surface area contributed by atoms with Crippen LogP contribution >= 0.6 is 24.2 Å². The molecule has 3 aliphatic rings. The van der Waals surface area contributed by atoms with E-state index in [0.717, 1.165) is 38.5 Å². The minimum Gasteiger partial charge on any atom is -0.350 e. The summed E-state index contributed by atoms with van der Waals surface area (Å²) < 4.78 is 0. The summed E-state index contributed by atoms with van der Waals surface area (Å²) in [6.45, 7) is 0.493. The number of rotatable bonds is 5. The van der Waals surface area contributed by atoms with Gasteiger partial charge in [0.1, 0.15) is 6.04 Å². The van der Waals surface area contributed by atoms with Crippen LogP contribution in [0, 0.1) is 11.8 Å². The number of nitrogens with one attached hydrogen (secondary N) is 1. The molecule has 25 heavy (non-hydrogen) atoms. The van der Waals surface area contributed by atoms with Gasteiger partial charge in [0.25, 0.3) is 0 Å². The molecular formula is C18H32ClN3O2S.